The summed E-state index contributed by atoms with van der Waals surface area (Å²) >= 11 is 0. The average molecular weight is 383 g/mol. The molecule has 8 nitrogen and oxygen atoms in total. The fraction of sp³-hybridized carbons (Fsp3) is 0.529. The molecule has 0 radical (unpaired) electrons. The zero-order valence-electron chi connectivity index (χ0n) is 15.1. The van der Waals surface area contributed by atoms with Crippen LogP contribution in [0, 0.1) is 5.41 Å². The molecule has 26 heavy (non-hydrogen) atoms. The van der Waals surface area contributed by atoms with Crippen LogP contribution in [0.2, 0.25) is 0 Å². The molecule has 9 heteroatoms. The Hall–Kier alpha value is -1.73. The Labute approximate surface area is 153 Å². The van der Waals surface area contributed by atoms with Crippen molar-refractivity contribution in [2.45, 2.75) is 32.7 Å². The van der Waals surface area contributed by atoms with Gasteiger partial charge in [0.25, 0.3) is 0 Å². The number of carbonyl (C=O) groups excluding carboxylic acids is 1. The second-order valence-electron chi connectivity index (χ2n) is 5.71. The van der Waals surface area contributed by atoms with Crippen molar-refractivity contribution >= 4 is 19.5 Å². The van der Waals surface area contributed by atoms with Gasteiger partial charge in [-0.2, -0.15) is 5.06 Å². The zero-order valence-corrected chi connectivity index (χ0v) is 16.0. The first-order valence-electron chi connectivity index (χ1n) is 8.73. The molecule has 2 rings (SSSR count). The predicted octanol–water partition coefficient (Wildman–Crippen LogP) is 3.19. The molecule has 1 atom stereocenters. The number of rotatable bonds is 11. The van der Waals surface area contributed by atoms with Crippen molar-refractivity contribution in [2.75, 3.05) is 26.0 Å². The van der Waals surface area contributed by atoms with Crippen LogP contribution < -0.4 is 5.32 Å². The zero-order chi connectivity index (χ0) is 19.0. The fourth-order valence-electron chi connectivity index (χ4n) is 2.61. The molecule has 1 aliphatic heterocycles. The van der Waals surface area contributed by atoms with E-state index < -0.39 is 19.7 Å². The van der Waals surface area contributed by atoms with E-state index in [1.165, 1.54) is 0 Å². The normalized spacial score (nSPS) is 17.6. The molecule has 1 aliphatic rings. The third-order valence-electron chi connectivity index (χ3n) is 3.83. The molecule has 1 aromatic rings. The maximum atomic E-state index is 12.5. The van der Waals surface area contributed by atoms with E-state index in [0.717, 1.165) is 10.6 Å². The van der Waals surface area contributed by atoms with E-state index in [2.05, 4.69) is 5.32 Å². The Morgan fingerprint density at radius 1 is 1.19 bits per heavy atom. The number of hydrogen-bond donors (Lipinski definition) is 2. The van der Waals surface area contributed by atoms with E-state index in [-0.39, 0.29) is 38.2 Å². The molecule has 0 aliphatic carbocycles. The van der Waals surface area contributed by atoms with E-state index in [1.54, 1.807) is 13.8 Å². The van der Waals surface area contributed by atoms with Crippen LogP contribution in [0.5, 0.6) is 0 Å². The second-order valence-corrected chi connectivity index (χ2v) is 7.89. The number of amides is 2. The van der Waals surface area contributed by atoms with Gasteiger partial charge in [0.2, 0.25) is 0 Å². The third-order valence-corrected chi connectivity index (χ3v) is 5.94. The highest BCUT2D eigenvalue weighted by molar-refractivity contribution is 7.53. The SMILES string of the molecule is CCOP(=O)(CCC1NC(=O)N(OCCc2ccccc2)C1=N)OCC. The molecule has 0 aromatic heterocycles. The number of benzene rings is 1. The van der Waals surface area contributed by atoms with Crippen LogP contribution in [0.4, 0.5) is 4.79 Å². The lowest BCUT2D eigenvalue weighted by Gasteiger charge is -2.19. The summed E-state index contributed by atoms with van der Waals surface area (Å²) in [5.41, 5.74) is 1.09. The van der Waals surface area contributed by atoms with Crippen LogP contribution in [-0.4, -0.2) is 49.0 Å². The number of hydroxylamine groups is 2. The third kappa shape index (κ3) is 5.64. The van der Waals surface area contributed by atoms with Crippen LogP contribution in [-0.2, 0) is 24.9 Å². The summed E-state index contributed by atoms with van der Waals surface area (Å²) in [6, 6.07) is 8.68. The summed E-state index contributed by atoms with van der Waals surface area (Å²) in [6.45, 7) is 4.32. The first kappa shape index (κ1) is 20.6. The molecule has 144 valence electrons. The van der Waals surface area contributed by atoms with Gasteiger partial charge in [-0.15, -0.1) is 0 Å². The quantitative estimate of drug-likeness (QED) is 0.572. The molecule has 1 heterocycles. The first-order chi connectivity index (χ1) is 12.5. The van der Waals surface area contributed by atoms with Gasteiger partial charge in [-0.05, 0) is 32.3 Å². The van der Waals surface area contributed by atoms with Gasteiger partial charge in [-0.3, -0.25) is 14.8 Å². The fourth-order valence-corrected chi connectivity index (χ4v) is 4.30. The summed E-state index contributed by atoms with van der Waals surface area (Å²) in [5, 5.41) is 11.8. The summed E-state index contributed by atoms with van der Waals surface area (Å²) in [5.74, 6) is 0.00242. The van der Waals surface area contributed by atoms with Gasteiger partial charge < -0.3 is 14.4 Å². The maximum Gasteiger partial charge on any atom is 0.347 e. The number of nitrogens with one attached hydrogen (secondary N) is 2. The van der Waals surface area contributed by atoms with Gasteiger partial charge in [0.1, 0.15) is 0 Å². The lowest BCUT2D eigenvalue weighted by molar-refractivity contribution is -0.0550. The van der Waals surface area contributed by atoms with Crippen LogP contribution >= 0.6 is 7.60 Å². The largest absolute Gasteiger partial charge is 0.347 e. The van der Waals surface area contributed by atoms with Crippen LogP contribution in [0.15, 0.2) is 30.3 Å². The molecule has 1 unspecified atom stereocenters. The smallest absolute Gasteiger partial charge is 0.326 e. The Bertz CT molecular complexity index is 645. The standard InChI is InChI=1S/C17H26N3O5P/c1-3-24-26(22,25-4-2)13-11-15-16(18)20(17(21)19-15)23-12-10-14-8-6-5-7-9-14/h5-9,15,18H,3-4,10-13H2,1-2H3,(H,19,21). The van der Waals surface area contributed by atoms with Gasteiger partial charge in [0.15, 0.2) is 5.84 Å². The Morgan fingerprint density at radius 3 is 2.46 bits per heavy atom. The van der Waals surface area contributed by atoms with Crippen molar-refractivity contribution in [3.8, 4) is 0 Å². The van der Waals surface area contributed by atoms with E-state index in [1.807, 2.05) is 30.3 Å². The predicted molar refractivity (Wildman–Crippen MR) is 98.3 cm³/mol. The number of urea groups is 1. The highest BCUT2D eigenvalue weighted by Crippen LogP contribution is 2.48. The summed E-state index contributed by atoms with van der Waals surface area (Å²) in [6.07, 6.45) is 1.03. The first-order valence-corrected chi connectivity index (χ1v) is 10.5. The minimum Gasteiger partial charge on any atom is -0.326 e. The summed E-state index contributed by atoms with van der Waals surface area (Å²) < 4.78 is 23.0. The van der Waals surface area contributed by atoms with E-state index in [4.69, 9.17) is 19.3 Å². The summed E-state index contributed by atoms with van der Waals surface area (Å²) in [7, 11) is -3.21. The minimum atomic E-state index is -3.21. The summed E-state index contributed by atoms with van der Waals surface area (Å²) in [4.78, 5) is 17.5. The van der Waals surface area contributed by atoms with Crippen molar-refractivity contribution < 1.29 is 23.2 Å². The second kappa shape index (κ2) is 9.83. The molecule has 1 saturated heterocycles. The van der Waals surface area contributed by atoms with Crippen molar-refractivity contribution in [2.24, 2.45) is 0 Å². The van der Waals surface area contributed by atoms with E-state index in [0.29, 0.717) is 6.42 Å². The van der Waals surface area contributed by atoms with Gasteiger partial charge >= 0.3 is 13.6 Å². The van der Waals surface area contributed by atoms with Crippen molar-refractivity contribution in [3.05, 3.63) is 35.9 Å². The Kier molecular flexibility index (Phi) is 7.78. The van der Waals surface area contributed by atoms with Crippen molar-refractivity contribution in [1.29, 1.82) is 5.41 Å². The van der Waals surface area contributed by atoms with Crippen LogP contribution in [0.3, 0.4) is 0 Å². The molecule has 1 fully saturated rings. The van der Waals surface area contributed by atoms with E-state index >= 15 is 0 Å². The lowest BCUT2D eigenvalue weighted by atomic mass is 10.2. The van der Waals surface area contributed by atoms with Crippen molar-refractivity contribution in [3.63, 3.8) is 0 Å². The molecular formula is C17H26N3O5P. The number of carbonyl (C=O) groups is 1. The average Bonchev–Trinajstić information content (AvgIpc) is 2.89. The lowest BCUT2D eigenvalue weighted by Crippen LogP contribution is -2.32. The highest BCUT2D eigenvalue weighted by atomic mass is 31.2. The molecule has 2 N–H and O–H groups in total. The monoisotopic (exact) mass is 383 g/mol. The molecular weight excluding hydrogens is 357 g/mol. The minimum absolute atomic E-state index is 0.00242. The highest BCUT2D eigenvalue weighted by Gasteiger charge is 2.37. The van der Waals surface area contributed by atoms with Gasteiger partial charge in [0.05, 0.1) is 32.0 Å². The maximum absolute atomic E-state index is 12.5. The van der Waals surface area contributed by atoms with Gasteiger partial charge in [0, 0.05) is 0 Å². The van der Waals surface area contributed by atoms with E-state index in [9.17, 15) is 9.36 Å². The van der Waals surface area contributed by atoms with Crippen LogP contribution in [0.25, 0.3) is 0 Å². The molecule has 2 amide bonds. The van der Waals surface area contributed by atoms with Gasteiger partial charge in [-0.25, -0.2) is 4.79 Å². The van der Waals surface area contributed by atoms with Crippen molar-refractivity contribution in [1.82, 2.24) is 10.4 Å². The molecule has 0 bridgehead atoms. The van der Waals surface area contributed by atoms with Crippen LogP contribution in [0.1, 0.15) is 25.8 Å². The Morgan fingerprint density at radius 2 is 1.85 bits per heavy atom. The molecule has 0 spiro atoms. The number of hydrogen-bond acceptors (Lipinski definition) is 6. The number of nitrogens with zero attached hydrogens (tertiary/aromatic N) is 1. The molecule has 0 saturated carbocycles. The topological polar surface area (TPSA) is 101 Å². The molecule has 1 aromatic carbocycles. The van der Waals surface area contributed by atoms with Gasteiger partial charge in [-0.1, -0.05) is 30.3 Å². The Balaban J connectivity index is 1.84. The number of amidine groups is 1.